The molecule has 0 saturated carbocycles. The van der Waals surface area contributed by atoms with Crippen LogP contribution in [0.25, 0.3) is 0 Å². The maximum Gasteiger partial charge on any atom is 0.142 e. The van der Waals surface area contributed by atoms with E-state index in [1.54, 1.807) is 6.07 Å². The summed E-state index contributed by atoms with van der Waals surface area (Å²) in [4.78, 5) is 0. The van der Waals surface area contributed by atoms with Crippen LogP contribution in [-0.4, -0.2) is 12.6 Å². The molecule has 1 rings (SSSR count). The fourth-order valence-corrected chi connectivity index (χ4v) is 1.96. The average Bonchev–Trinajstić information content (AvgIpc) is 2.33. The van der Waals surface area contributed by atoms with Crippen molar-refractivity contribution in [2.75, 3.05) is 6.54 Å². The fourth-order valence-electron chi connectivity index (χ4n) is 1.76. The highest BCUT2D eigenvalue weighted by Gasteiger charge is 2.22. The van der Waals surface area contributed by atoms with Crippen molar-refractivity contribution in [1.29, 1.82) is 0 Å². The Morgan fingerprint density at radius 3 is 2.72 bits per heavy atom. The van der Waals surface area contributed by atoms with Crippen molar-refractivity contribution < 1.29 is 4.39 Å². The summed E-state index contributed by atoms with van der Waals surface area (Å²) in [7, 11) is 0. The molecule has 0 saturated heterocycles. The third-order valence-electron chi connectivity index (χ3n) is 3.03. The van der Waals surface area contributed by atoms with Crippen LogP contribution in [0.5, 0.6) is 0 Å². The Bertz CT molecular complexity index is 417. The number of benzene rings is 1. The highest BCUT2D eigenvalue weighted by Crippen LogP contribution is 2.29. The first-order valence-corrected chi connectivity index (χ1v) is 6.55. The van der Waals surface area contributed by atoms with Gasteiger partial charge in [0.1, 0.15) is 5.82 Å². The van der Waals surface area contributed by atoms with Crippen LogP contribution in [0.3, 0.4) is 0 Å². The molecule has 0 fully saturated rings. The average molecular weight is 270 g/mol. The minimum Gasteiger partial charge on any atom is -0.314 e. The molecule has 1 atom stereocenters. The molecule has 18 heavy (non-hydrogen) atoms. The van der Waals surface area contributed by atoms with Gasteiger partial charge in [-0.15, -0.1) is 6.58 Å². The molecule has 1 nitrogen and oxygen atoms in total. The summed E-state index contributed by atoms with van der Waals surface area (Å²) in [5.41, 5.74) is 0.687. The van der Waals surface area contributed by atoms with Crippen LogP contribution in [0.2, 0.25) is 5.02 Å². The van der Waals surface area contributed by atoms with Crippen molar-refractivity contribution >= 4 is 11.6 Å². The predicted octanol–water partition coefficient (Wildman–Crippen LogP) is 4.21. The molecule has 1 aromatic carbocycles. The van der Waals surface area contributed by atoms with Crippen molar-refractivity contribution in [2.24, 2.45) is 5.41 Å². The Morgan fingerprint density at radius 2 is 2.17 bits per heavy atom. The summed E-state index contributed by atoms with van der Waals surface area (Å²) in [6, 6.07) is 5.34. The van der Waals surface area contributed by atoms with Gasteiger partial charge in [-0.25, -0.2) is 4.39 Å². The molecule has 0 heterocycles. The lowest BCUT2D eigenvalue weighted by atomic mass is 9.83. The van der Waals surface area contributed by atoms with Crippen LogP contribution in [-0.2, 0) is 6.42 Å². The van der Waals surface area contributed by atoms with Crippen molar-refractivity contribution in [1.82, 2.24) is 5.32 Å². The SMILES string of the molecule is C=CC(C)(CNC(C)C)Cc1cccc(F)c1Cl. The van der Waals surface area contributed by atoms with E-state index >= 15 is 0 Å². The summed E-state index contributed by atoms with van der Waals surface area (Å²) in [5, 5.41) is 3.60. The van der Waals surface area contributed by atoms with E-state index in [4.69, 9.17) is 11.6 Å². The normalized spacial score (nSPS) is 14.6. The lowest BCUT2D eigenvalue weighted by Gasteiger charge is -2.28. The van der Waals surface area contributed by atoms with Crippen molar-refractivity contribution in [3.8, 4) is 0 Å². The molecule has 0 bridgehead atoms. The number of hydrogen-bond acceptors (Lipinski definition) is 1. The monoisotopic (exact) mass is 269 g/mol. The smallest absolute Gasteiger partial charge is 0.142 e. The Morgan fingerprint density at radius 1 is 1.50 bits per heavy atom. The molecule has 0 radical (unpaired) electrons. The lowest BCUT2D eigenvalue weighted by molar-refractivity contribution is 0.373. The summed E-state index contributed by atoms with van der Waals surface area (Å²) in [5.74, 6) is -0.364. The van der Waals surface area contributed by atoms with E-state index in [-0.39, 0.29) is 16.3 Å². The number of nitrogens with one attached hydrogen (secondary N) is 1. The van der Waals surface area contributed by atoms with Crippen LogP contribution in [0, 0.1) is 11.2 Å². The minimum absolute atomic E-state index is 0.137. The van der Waals surface area contributed by atoms with Gasteiger partial charge in [-0.2, -0.15) is 0 Å². The van der Waals surface area contributed by atoms with Gasteiger partial charge in [-0.3, -0.25) is 0 Å². The molecule has 0 aromatic heterocycles. The Hall–Kier alpha value is -0.860. The highest BCUT2D eigenvalue weighted by atomic mass is 35.5. The zero-order chi connectivity index (χ0) is 13.8. The van der Waals surface area contributed by atoms with Crippen LogP contribution < -0.4 is 5.32 Å². The van der Waals surface area contributed by atoms with E-state index in [0.29, 0.717) is 12.5 Å². The van der Waals surface area contributed by atoms with Gasteiger partial charge in [-0.05, 0) is 18.1 Å². The first kappa shape index (κ1) is 15.2. The summed E-state index contributed by atoms with van der Waals surface area (Å²) < 4.78 is 13.4. The minimum atomic E-state index is -0.364. The van der Waals surface area contributed by atoms with Crippen LogP contribution in [0.1, 0.15) is 26.3 Å². The lowest BCUT2D eigenvalue weighted by Crippen LogP contribution is -2.35. The quantitative estimate of drug-likeness (QED) is 0.763. The second-order valence-corrected chi connectivity index (χ2v) is 5.66. The van der Waals surface area contributed by atoms with Crippen LogP contribution >= 0.6 is 11.6 Å². The molecule has 1 unspecified atom stereocenters. The first-order chi connectivity index (χ1) is 8.38. The maximum atomic E-state index is 13.4. The van der Waals surface area contributed by atoms with Crippen LogP contribution in [0.4, 0.5) is 4.39 Å². The predicted molar refractivity (Wildman–Crippen MR) is 76.6 cm³/mol. The highest BCUT2D eigenvalue weighted by molar-refractivity contribution is 6.31. The van der Waals surface area contributed by atoms with Crippen molar-refractivity contribution in [3.05, 3.63) is 47.3 Å². The first-order valence-electron chi connectivity index (χ1n) is 6.18. The molecule has 0 aliphatic heterocycles. The molecular formula is C15H21ClFN. The number of hydrogen-bond donors (Lipinski definition) is 1. The third-order valence-corrected chi connectivity index (χ3v) is 3.46. The van der Waals surface area contributed by atoms with Gasteiger partial charge in [-0.1, -0.05) is 50.6 Å². The second-order valence-electron chi connectivity index (χ2n) is 5.28. The standard InChI is InChI=1S/C15H21ClFN/c1-5-15(4,10-18-11(2)3)9-12-7-6-8-13(17)14(12)16/h5-8,11,18H,1,9-10H2,2-4H3. The van der Waals surface area contributed by atoms with Gasteiger partial charge in [0.15, 0.2) is 0 Å². The largest absolute Gasteiger partial charge is 0.314 e. The number of halogens is 2. The fraction of sp³-hybridized carbons (Fsp3) is 0.467. The summed E-state index contributed by atoms with van der Waals surface area (Å²) >= 11 is 5.99. The molecule has 3 heteroatoms. The molecule has 0 amide bonds. The van der Waals surface area contributed by atoms with E-state index in [2.05, 4.69) is 32.7 Å². The molecule has 1 N–H and O–H groups in total. The second kappa shape index (κ2) is 6.35. The van der Waals surface area contributed by atoms with Crippen LogP contribution in [0.15, 0.2) is 30.9 Å². The van der Waals surface area contributed by atoms with E-state index in [9.17, 15) is 4.39 Å². The van der Waals surface area contributed by atoms with Gasteiger partial charge < -0.3 is 5.32 Å². The van der Waals surface area contributed by atoms with Gasteiger partial charge in [0.2, 0.25) is 0 Å². The molecule has 0 aliphatic carbocycles. The summed E-state index contributed by atoms with van der Waals surface area (Å²) in [6.45, 7) is 11.0. The van der Waals surface area contributed by atoms with Gasteiger partial charge in [0.05, 0.1) is 5.02 Å². The molecular weight excluding hydrogens is 249 g/mol. The van der Waals surface area contributed by atoms with E-state index in [1.165, 1.54) is 6.07 Å². The zero-order valence-corrected chi connectivity index (χ0v) is 12.0. The molecule has 0 spiro atoms. The molecule has 100 valence electrons. The summed E-state index contributed by atoms with van der Waals surface area (Å²) in [6.07, 6.45) is 2.58. The maximum absolute atomic E-state index is 13.4. The Balaban J connectivity index is 2.84. The molecule has 0 aliphatic rings. The Kier molecular flexibility index (Phi) is 5.36. The van der Waals surface area contributed by atoms with E-state index in [0.717, 1.165) is 12.1 Å². The van der Waals surface area contributed by atoms with Crippen molar-refractivity contribution in [2.45, 2.75) is 33.2 Å². The molecule has 1 aromatic rings. The number of rotatable bonds is 6. The topological polar surface area (TPSA) is 12.0 Å². The van der Waals surface area contributed by atoms with Gasteiger partial charge in [0.25, 0.3) is 0 Å². The third kappa shape index (κ3) is 4.11. The zero-order valence-electron chi connectivity index (χ0n) is 11.3. The van der Waals surface area contributed by atoms with Gasteiger partial charge >= 0.3 is 0 Å². The van der Waals surface area contributed by atoms with E-state index in [1.807, 2.05) is 12.1 Å². The van der Waals surface area contributed by atoms with Crippen molar-refractivity contribution in [3.63, 3.8) is 0 Å². The van der Waals surface area contributed by atoms with Gasteiger partial charge in [0, 0.05) is 18.0 Å². The Labute approximate surface area is 114 Å². The van der Waals surface area contributed by atoms with E-state index < -0.39 is 0 Å².